The van der Waals surface area contributed by atoms with Gasteiger partial charge >= 0.3 is 0 Å². The van der Waals surface area contributed by atoms with Crippen LogP contribution < -0.4 is 4.90 Å². The van der Waals surface area contributed by atoms with Crippen molar-refractivity contribution < 1.29 is 0 Å². The van der Waals surface area contributed by atoms with Crippen molar-refractivity contribution >= 4 is 28.1 Å². The molecule has 0 amide bonds. The van der Waals surface area contributed by atoms with Gasteiger partial charge in [0.15, 0.2) is 0 Å². The Labute approximate surface area is 101 Å². The van der Waals surface area contributed by atoms with Gasteiger partial charge in [-0.05, 0) is 11.5 Å². The first-order valence-electron chi connectivity index (χ1n) is 5.27. The SMILES string of the molecule is CN(C/C=C/Cl)c1cccc2ccccc12. The van der Waals surface area contributed by atoms with Crippen LogP contribution in [0.3, 0.4) is 0 Å². The Morgan fingerprint density at radius 3 is 2.69 bits per heavy atom. The van der Waals surface area contributed by atoms with Gasteiger partial charge in [-0.1, -0.05) is 54.1 Å². The molecule has 2 rings (SSSR count). The molecule has 0 saturated carbocycles. The van der Waals surface area contributed by atoms with E-state index in [4.69, 9.17) is 11.6 Å². The van der Waals surface area contributed by atoms with Gasteiger partial charge in [0.05, 0.1) is 0 Å². The molecule has 0 aliphatic rings. The van der Waals surface area contributed by atoms with Crippen molar-refractivity contribution in [1.29, 1.82) is 0 Å². The number of hydrogen-bond donors (Lipinski definition) is 0. The van der Waals surface area contributed by atoms with E-state index in [9.17, 15) is 0 Å². The molecule has 0 fully saturated rings. The van der Waals surface area contributed by atoms with Crippen LogP contribution in [0.25, 0.3) is 10.8 Å². The maximum absolute atomic E-state index is 5.54. The van der Waals surface area contributed by atoms with Gasteiger partial charge < -0.3 is 4.90 Å². The van der Waals surface area contributed by atoms with E-state index in [1.807, 2.05) is 6.08 Å². The molecule has 0 aliphatic heterocycles. The average molecular weight is 232 g/mol. The molecule has 0 saturated heterocycles. The molecule has 0 atom stereocenters. The molecule has 1 nitrogen and oxygen atoms in total. The van der Waals surface area contributed by atoms with Crippen molar-refractivity contribution in [2.45, 2.75) is 0 Å². The Balaban J connectivity index is 2.43. The Kier molecular flexibility index (Phi) is 3.47. The molecule has 0 aromatic heterocycles. The zero-order valence-electron chi connectivity index (χ0n) is 9.23. The fourth-order valence-corrected chi connectivity index (χ4v) is 1.92. The van der Waals surface area contributed by atoms with Crippen LogP contribution in [0.1, 0.15) is 0 Å². The molecule has 0 bridgehead atoms. The molecular formula is C14H14ClN. The minimum atomic E-state index is 0.817. The van der Waals surface area contributed by atoms with Crippen LogP contribution in [-0.2, 0) is 0 Å². The predicted octanol–water partition coefficient (Wildman–Crippen LogP) is 4.03. The summed E-state index contributed by atoms with van der Waals surface area (Å²) >= 11 is 5.54. The molecule has 82 valence electrons. The topological polar surface area (TPSA) is 3.24 Å². The summed E-state index contributed by atoms with van der Waals surface area (Å²) in [6.45, 7) is 0.817. The minimum absolute atomic E-state index is 0.817. The third kappa shape index (κ3) is 2.20. The number of nitrogens with zero attached hydrogens (tertiary/aromatic N) is 1. The number of halogens is 1. The molecule has 0 aliphatic carbocycles. The highest BCUT2D eigenvalue weighted by atomic mass is 35.5. The standard InChI is InChI=1S/C14H14ClN/c1-16(11-5-10-15)14-9-4-7-12-6-2-3-8-13(12)14/h2-10H,11H2,1H3/b10-5+. The summed E-state index contributed by atoms with van der Waals surface area (Å²) < 4.78 is 0. The second-order valence-electron chi connectivity index (χ2n) is 3.74. The van der Waals surface area contributed by atoms with Crippen LogP contribution in [0.15, 0.2) is 54.1 Å². The maximum atomic E-state index is 5.54. The molecule has 16 heavy (non-hydrogen) atoms. The van der Waals surface area contributed by atoms with Gasteiger partial charge in [-0.15, -0.1) is 0 Å². The van der Waals surface area contributed by atoms with Crippen LogP contribution in [0, 0.1) is 0 Å². The number of hydrogen-bond acceptors (Lipinski definition) is 1. The van der Waals surface area contributed by atoms with Gasteiger partial charge in [0.25, 0.3) is 0 Å². The molecule has 0 unspecified atom stereocenters. The summed E-state index contributed by atoms with van der Waals surface area (Å²) in [4.78, 5) is 2.18. The normalized spacial score (nSPS) is 11.1. The molecule has 2 aromatic rings. The molecule has 2 aromatic carbocycles. The van der Waals surface area contributed by atoms with Crippen molar-refractivity contribution in [3.05, 3.63) is 54.1 Å². The van der Waals surface area contributed by atoms with E-state index in [1.165, 1.54) is 16.5 Å². The van der Waals surface area contributed by atoms with Crippen LogP contribution in [0.5, 0.6) is 0 Å². The molecule has 0 spiro atoms. The van der Waals surface area contributed by atoms with Crippen LogP contribution >= 0.6 is 11.6 Å². The number of rotatable bonds is 3. The monoisotopic (exact) mass is 231 g/mol. The molecule has 2 heteroatoms. The van der Waals surface area contributed by atoms with E-state index in [-0.39, 0.29) is 0 Å². The number of fused-ring (bicyclic) bond motifs is 1. The smallest absolute Gasteiger partial charge is 0.0446 e. The van der Waals surface area contributed by atoms with E-state index in [0.717, 1.165) is 6.54 Å². The first kappa shape index (κ1) is 11.0. The van der Waals surface area contributed by atoms with E-state index >= 15 is 0 Å². The fourth-order valence-electron chi connectivity index (χ4n) is 1.84. The summed E-state index contributed by atoms with van der Waals surface area (Å²) in [5.74, 6) is 0. The quantitative estimate of drug-likeness (QED) is 0.771. The predicted molar refractivity (Wildman–Crippen MR) is 72.2 cm³/mol. The van der Waals surface area contributed by atoms with Crippen LogP contribution in [0.2, 0.25) is 0 Å². The van der Waals surface area contributed by atoms with Crippen molar-refractivity contribution in [3.8, 4) is 0 Å². The lowest BCUT2D eigenvalue weighted by Gasteiger charge is -2.19. The van der Waals surface area contributed by atoms with Gasteiger partial charge in [0.2, 0.25) is 0 Å². The summed E-state index contributed by atoms with van der Waals surface area (Å²) in [5.41, 5.74) is 2.79. The second kappa shape index (κ2) is 5.04. The summed E-state index contributed by atoms with van der Waals surface area (Å²) in [7, 11) is 2.07. The van der Waals surface area contributed by atoms with E-state index in [2.05, 4.69) is 54.4 Å². The summed E-state index contributed by atoms with van der Waals surface area (Å²) in [6.07, 6.45) is 1.93. The number of benzene rings is 2. The van der Waals surface area contributed by atoms with Crippen LogP contribution in [-0.4, -0.2) is 13.6 Å². The lowest BCUT2D eigenvalue weighted by Crippen LogP contribution is -2.16. The van der Waals surface area contributed by atoms with E-state index < -0.39 is 0 Å². The second-order valence-corrected chi connectivity index (χ2v) is 3.99. The molecule has 0 heterocycles. The highest BCUT2D eigenvalue weighted by Gasteiger charge is 2.03. The maximum Gasteiger partial charge on any atom is 0.0446 e. The summed E-state index contributed by atoms with van der Waals surface area (Å²) in [5, 5.41) is 2.54. The number of likely N-dealkylation sites (N-methyl/N-ethyl adjacent to an activating group) is 1. The lowest BCUT2D eigenvalue weighted by atomic mass is 10.1. The first-order chi connectivity index (χ1) is 7.83. The fraction of sp³-hybridized carbons (Fsp3) is 0.143. The zero-order valence-corrected chi connectivity index (χ0v) is 9.98. The van der Waals surface area contributed by atoms with Gasteiger partial charge in [-0.25, -0.2) is 0 Å². The highest BCUT2D eigenvalue weighted by Crippen LogP contribution is 2.25. The molecule has 0 radical (unpaired) electrons. The van der Waals surface area contributed by atoms with Crippen LogP contribution in [0.4, 0.5) is 5.69 Å². The van der Waals surface area contributed by atoms with Gasteiger partial charge in [-0.3, -0.25) is 0 Å². The Bertz CT molecular complexity index is 500. The van der Waals surface area contributed by atoms with E-state index in [0.29, 0.717) is 0 Å². The largest absolute Gasteiger partial charge is 0.370 e. The third-order valence-electron chi connectivity index (χ3n) is 2.65. The summed E-state index contributed by atoms with van der Waals surface area (Å²) in [6, 6.07) is 14.7. The average Bonchev–Trinajstić information content (AvgIpc) is 2.35. The van der Waals surface area contributed by atoms with E-state index in [1.54, 1.807) is 5.54 Å². The minimum Gasteiger partial charge on any atom is -0.370 e. The first-order valence-corrected chi connectivity index (χ1v) is 5.70. The molecular weight excluding hydrogens is 218 g/mol. The van der Waals surface area contributed by atoms with Crippen molar-refractivity contribution in [1.82, 2.24) is 0 Å². The van der Waals surface area contributed by atoms with Crippen molar-refractivity contribution in [2.24, 2.45) is 0 Å². The van der Waals surface area contributed by atoms with Crippen molar-refractivity contribution in [3.63, 3.8) is 0 Å². The lowest BCUT2D eigenvalue weighted by molar-refractivity contribution is 1.04. The highest BCUT2D eigenvalue weighted by molar-refractivity contribution is 6.25. The Hall–Kier alpha value is -1.47. The van der Waals surface area contributed by atoms with Crippen molar-refractivity contribution in [2.75, 3.05) is 18.5 Å². The Morgan fingerprint density at radius 2 is 1.88 bits per heavy atom. The number of anilines is 1. The molecule has 0 N–H and O–H groups in total. The van der Waals surface area contributed by atoms with Gasteiger partial charge in [0, 0.05) is 30.2 Å². The third-order valence-corrected chi connectivity index (χ3v) is 2.82. The zero-order chi connectivity index (χ0) is 11.4. The van der Waals surface area contributed by atoms with Gasteiger partial charge in [0.1, 0.15) is 0 Å². The Morgan fingerprint density at radius 1 is 1.12 bits per heavy atom. The van der Waals surface area contributed by atoms with Gasteiger partial charge in [-0.2, -0.15) is 0 Å².